The highest BCUT2D eigenvalue weighted by Crippen LogP contribution is 2.27. The van der Waals surface area contributed by atoms with Gasteiger partial charge in [0.15, 0.2) is 5.03 Å². The Hall–Kier alpha value is -1.54. The molecule has 0 amide bonds. The van der Waals surface area contributed by atoms with Crippen LogP contribution in [0.2, 0.25) is 0 Å². The number of pyridine rings is 1. The molecule has 0 fully saturated rings. The molecule has 0 aliphatic rings. The van der Waals surface area contributed by atoms with E-state index in [1.54, 1.807) is 25.4 Å². The van der Waals surface area contributed by atoms with Crippen LogP contribution in [0, 0.1) is 0 Å². The van der Waals surface area contributed by atoms with Gasteiger partial charge >= 0.3 is 0 Å². The summed E-state index contributed by atoms with van der Waals surface area (Å²) < 4.78 is 34.1. The molecule has 19 heavy (non-hydrogen) atoms. The van der Waals surface area contributed by atoms with Crippen LogP contribution in [-0.2, 0) is 17.1 Å². The zero-order valence-electron chi connectivity index (χ0n) is 10.3. The number of aromatic nitrogens is 2. The van der Waals surface area contributed by atoms with Crippen molar-refractivity contribution in [1.82, 2.24) is 9.55 Å². The van der Waals surface area contributed by atoms with Gasteiger partial charge in [-0.25, -0.2) is 4.98 Å². The number of nitrogens with zero attached hydrogens (tertiary/aromatic N) is 2. The summed E-state index contributed by atoms with van der Waals surface area (Å²) in [6.07, 6.45) is 3.18. The van der Waals surface area contributed by atoms with Crippen LogP contribution in [-0.4, -0.2) is 25.1 Å². The monoisotopic (exact) mass is 345 g/mol. The highest BCUT2D eigenvalue weighted by Gasteiger charge is 2.19. The van der Waals surface area contributed by atoms with Gasteiger partial charge in [-0.3, -0.25) is 4.72 Å². The third kappa shape index (κ3) is 2.90. The van der Waals surface area contributed by atoms with E-state index in [0.717, 1.165) is 0 Å². The van der Waals surface area contributed by atoms with E-state index in [9.17, 15) is 8.42 Å². The van der Waals surface area contributed by atoms with E-state index in [0.29, 0.717) is 4.47 Å². The summed E-state index contributed by atoms with van der Waals surface area (Å²) in [5, 5.41) is 0.162. The summed E-state index contributed by atoms with van der Waals surface area (Å²) in [4.78, 5) is 3.98. The molecule has 0 aromatic carbocycles. The van der Waals surface area contributed by atoms with Crippen molar-refractivity contribution in [3.05, 3.63) is 35.1 Å². The summed E-state index contributed by atoms with van der Waals surface area (Å²) in [5.74, 6) is 0.209. The molecule has 2 rings (SSSR count). The van der Waals surface area contributed by atoms with Crippen molar-refractivity contribution >= 4 is 31.6 Å². The zero-order valence-corrected chi connectivity index (χ0v) is 12.7. The second kappa shape index (κ2) is 5.22. The topological polar surface area (TPSA) is 73.2 Å². The van der Waals surface area contributed by atoms with Crippen molar-refractivity contribution in [2.24, 2.45) is 7.05 Å². The average molecular weight is 346 g/mol. The maximum Gasteiger partial charge on any atom is 0.277 e. The van der Waals surface area contributed by atoms with Crippen LogP contribution in [0.5, 0.6) is 5.88 Å². The van der Waals surface area contributed by atoms with Gasteiger partial charge in [0.2, 0.25) is 5.88 Å². The molecule has 0 aliphatic heterocycles. The smallest absolute Gasteiger partial charge is 0.277 e. The van der Waals surface area contributed by atoms with Gasteiger partial charge in [0.25, 0.3) is 10.0 Å². The quantitative estimate of drug-likeness (QED) is 0.919. The number of aryl methyl sites for hydroxylation is 1. The Morgan fingerprint density at radius 2 is 2.21 bits per heavy atom. The summed E-state index contributed by atoms with van der Waals surface area (Å²) in [6, 6.07) is 4.76. The fourth-order valence-corrected chi connectivity index (χ4v) is 3.15. The average Bonchev–Trinajstić information content (AvgIpc) is 2.76. The first-order chi connectivity index (χ1) is 8.94. The first kappa shape index (κ1) is 13.9. The molecular weight excluding hydrogens is 334 g/mol. The Kier molecular flexibility index (Phi) is 3.81. The molecule has 8 heteroatoms. The van der Waals surface area contributed by atoms with Crippen molar-refractivity contribution in [1.29, 1.82) is 0 Å². The molecule has 0 aliphatic carbocycles. The minimum atomic E-state index is -3.68. The number of sulfonamides is 1. The normalized spacial score (nSPS) is 11.3. The summed E-state index contributed by atoms with van der Waals surface area (Å²) in [6.45, 7) is 0. The Balaban J connectivity index is 2.41. The molecule has 1 N–H and O–H groups in total. The van der Waals surface area contributed by atoms with E-state index < -0.39 is 10.0 Å². The summed E-state index contributed by atoms with van der Waals surface area (Å²) >= 11 is 3.24. The van der Waals surface area contributed by atoms with Gasteiger partial charge in [-0.15, -0.1) is 0 Å². The lowest BCUT2D eigenvalue weighted by Crippen LogP contribution is -2.16. The zero-order chi connectivity index (χ0) is 14.0. The highest BCUT2D eigenvalue weighted by molar-refractivity contribution is 9.10. The fourth-order valence-electron chi connectivity index (χ4n) is 1.58. The molecule has 0 bridgehead atoms. The number of hydrogen-bond donors (Lipinski definition) is 1. The Labute approximate surface area is 119 Å². The van der Waals surface area contributed by atoms with Crippen molar-refractivity contribution < 1.29 is 13.2 Å². The number of anilines is 1. The van der Waals surface area contributed by atoms with Crippen molar-refractivity contribution in [2.75, 3.05) is 11.8 Å². The van der Waals surface area contributed by atoms with Gasteiger partial charge in [-0.1, -0.05) is 0 Å². The largest absolute Gasteiger partial charge is 0.479 e. The predicted octanol–water partition coefficient (Wildman–Crippen LogP) is 1.99. The van der Waals surface area contributed by atoms with E-state index >= 15 is 0 Å². The maximum absolute atomic E-state index is 12.2. The van der Waals surface area contributed by atoms with Crippen LogP contribution < -0.4 is 9.46 Å². The van der Waals surface area contributed by atoms with Crippen LogP contribution in [0.15, 0.2) is 40.1 Å². The van der Waals surface area contributed by atoms with Gasteiger partial charge < -0.3 is 9.30 Å². The fraction of sp³-hybridized carbons (Fsp3) is 0.182. The second-order valence-electron chi connectivity index (χ2n) is 3.77. The van der Waals surface area contributed by atoms with Gasteiger partial charge in [0, 0.05) is 23.9 Å². The molecule has 0 saturated heterocycles. The van der Waals surface area contributed by atoms with Crippen LogP contribution in [0.3, 0.4) is 0 Å². The molecule has 6 nitrogen and oxygen atoms in total. The Morgan fingerprint density at radius 1 is 1.47 bits per heavy atom. The number of ether oxygens (including phenoxy) is 1. The first-order valence-electron chi connectivity index (χ1n) is 5.28. The third-order valence-electron chi connectivity index (χ3n) is 2.43. The van der Waals surface area contributed by atoms with Gasteiger partial charge in [-0.05, 0) is 34.1 Å². The number of nitrogens with one attached hydrogen (secondary N) is 1. The number of rotatable bonds is 4. The molecule has 0 spiro atoms. The molecule has 0 atom stereocenters. The lowest BCUT2D eigenvalue weighted by Gasteiger charge is -2.11. The van der Waals surface area contributed by atoms with Crippen LogP contribution in [0.1, 0.15) is 0 Å². The number of halogens is 1. The second-order valence-corrected chi connectivity index (χ2v) is 6.32. The summed E-state index contributed by atoms with van der Waals surface area (Å²) in [5.41, 5.74) is 0.276. The lowest BCUT2D eigenvalue weighted by molar-refractivity contribution is 0.400. The number of methoxy groups -OCH3 is 1. The van der Waals surface area contributed by atoms with Gasteiger partial charge in [-0.2, -0.15) is 8.42 Å². The molecular formula is C11H12BrN3O3S. The minimum Gasteiger partial charge on any atom is -0.479 e. The summed E-state index contributed by atoms with van der Waals surface area (Å²) in [7, 11) is -0.593. The third-order valence-corrected chi connectivity index (χ3v) is 4.32. The van der Waals surface area contributed by atoms with E-state index in [1.165, 1.54) is 23.9 Å². The predicted molar refractivity (Wildman–Crippen MR) is 74.7 cm³/mol. The van der Waals surface area contributed by atoms with Crippen molar-refractivity contribution in [3.8, 4) is 5.88 Å². The lowest BCUT2D eigenvalue weighted by atomic mass is 10.4. The van der Waals surface area contributed by atoms with Crippen LogP contribution in [0.25, 0.3) is 0 Å². The SMILES string of the molecule is COc1ncc(Br)cc1NS(=O)(=O)c1cccn1C. The van der Waals surface area contributed by atoms with Gasteiger partial charge in [0.05, 0.1) is 7.11 Å². The number of hydrogen-bond acceptors (Lipinski definition) is 4. The highest BCUT2D eigenvalue weighted by atomic mass is 79.9. The van der Waals surface area contributed by atoms with Crippen LogP contribution >= 0.6 is 15.9 Å². The molecule has 0 radical (unpaired) electrons. The molecule has 2 aromatic heterocycles. The molecule has 0 unspecified atom stereocenters. The first-order valence-corrected chi connectivity index (χ1v) is 7.55. The van der Waals surface area contributed by atoms with Crippen molar-refractivity contribution in [3.63, 3.8) is 0 Å². The maximum atomic E-state index is 12.2. The van der Waals surface area contributed by atoms with E-state index in [-0.39, 0.29) is 16.6 Å². The Morgan fingerprint density at radius 3 is 2.79 bits per heavy atom. The van der Waals surface area contributed by atoms with E-state index in [4.69, 9.17) is 4.74 Å². The van der Waals surface area contributed by atoms with Gasteiger partial charge in [0.1, 0.15) is 5.69 Å². The molecule has 0 saturated carbocycles. The minimum absolute atomic E-state index is 0.162. The standard InChI is InChI=1S/C11H12BrN3O3S/c1-15-5-3-4-10(15)19(16,17)14-9-6-8(12)7-13-11(9)18-2/h3-7,14H,1-2H3. The Bertz CT molecular complexity index is 697. The van der Waals surface area contributed by atoms with E-state index in [2.05, 4.69) is 25.6 Å². The van der Waals surface area contributed by atoms with Crippen molar-refractivity contribution in [2.45, 2.75) is 5.03 Å². The molecule has 2 aromatic rings. The molecule has 102 valence electrons. The van der Waals surface area contributed by atoms with E-state index in [1.807, 2.05) is 0 Å². The van der Waals surface area contributed by atoms with Crippen LogP contribution in [0.4, 0.5) is 5.69 Å². The molecule has 2 heterocycles.